The molecular formula is C44H67N13O10S2. The molecule has 1 aromatic rings. The molecule has 2 heterocycles. The molecule has 0 unspecified atom stereocenters. The molecule has 0 bridgehead atoms. The van der Waals surface area contributed by atoms with Gasteiger partial charge in [0.05, 0.1) is 13.0 Å². The van der Waals surface area contributed by atoms with Crippen LogP contribution in [0.4, 0.5) is 0 Å². The lowest BCUT2D eigenvalue weighted by molar-refractivity contribution is -0.142. The van der Waals surface area contributed by atoms with E-state index in [0.717, 1.165) is 17.2 Å². The Morgan fingerprint density at radius 2 is 1.54 bits per heavy atom. The third kappa shape index (κ3) is 17.4. The van der Waals surface area contributed by atoms with Crippen LogP contribution in [0.1, 0.15) is 90.0 Å². The Hall–Kier alpha value is -6.11. The maximum atomic E-state index is 14.5. The van der Waals surface area contributed by atoms with E-state index in [0.29, 0.717) is 37.7 Å². The van der Waals surface area contributed by atoms with Gasteiger partial charge >= 0.3 is 0 Å². The molecule has 10 amide bonds. The molecule has 23 nitrogen and oxygen atoms in total. The Labute approximate surface area is 408 Å². The van der Waals surface area contributed by atoms with Crippen molar-refractivity contribution in [3.8, 4) is 0 Å². The molecule has 1 saturated carbocycles. The molecule has 4 rings (SSSR count). The first kappa shape index (κ1) is 55.5. The number of nitrogens with zero attached hydrogens (tertiary/aromatic N) is 2. The van der Waals surface area contributed by atoms with E-state index in [4.69, 9.17) is 22.9 Å². The number of primary amides is 2. The minimum absolute atomic E-state index is 0.0249. The summed E-state index contributed by atoms with van der Waals surface area (Å²) in [7, 11) is 2.36. The Kier molecular flexibility index (Phi) is 21.9. The summed E-state index contributed by atoms with van der Waals surface area (Å²) in [6.07, 6.45) is 3.03. The smallest absolute Gasteiger partial charge is 0.246 e. The van der Waals surface area contributed by atoms with E-state index >= 15 is 0 Å². The molecule has 15 N–H and O–H groups in total. The minimum Gasteiger partial charge on any atom is -0.370 e. The second kappa shape index (κ2) is 27.2. The third-order valence-corrected chi connectivity index (χ3v) is 14.3. The van der Waals surface area contributed by atoms with Gasteiger partial charge in [-0.3, -0.25) is 52.9 Å². The molecule has 0 aromatic heterocycles. The fourth-order valence-electron chi connectivity index (χ4n) is 8.31. The molecule has 380 valence electrons. The largest absolute Gasteiger partial charge is 0.370 e. The number of hydrogen-bond acceptors (Lipinski definition) is 13. The van der Waals surface area contributed by atoms with Gasteiger partial charge in [-0.2, -0.15) is 0 Å². The number of hydrogen-bond donors (Lipinski definition) is 11. The number of nitrogens with two attached hydrogens (primary N) is 4. The zero-order valence-electron chi connectivity index (χ0n) is 39.1. The fraction of sp³-hybridized carbons (Fsp3) is 0.614. The zero-order valence-corrected chi connectivity index (χ0v) is 40.7. The van der Waals surface area contributed by atoms with E-state index < -0.39 is 120 Å². The van der Waals surface area contributed by atoms with Gasteiger partial charge in [-0.1, -0.05) is 85.0 Å². The van der Waals surface area contributed by atoms with Gasteiger partial charge in [-0.25, -0.2) is 0 Å². The lowest BCUT2D eigenvalue weighted by atomic mass is 9.80. The van der Waals surface area contributed by atoms with Crippen LogP contribution in [0.3, 0.4) is 0 Å². The van der Waals surface area contributed by atoms with Gasteiger partial charge in [0.2, 0.25) is 59.1 Å². The van der Waals surface area contributed by atoms with Crippen LogP contribution in [0.25, 0.3) is 0 Å². The highest BCUT2D eigenvalue weighted by Crippen LogP contribution is 2.30. The van der Waals surface area contributed by atoms with Gasteiger partial charge in [0.1, 0.15) is 41.8 Å². The molecule has 6 atom stereocenters. The predicted molar refractivity (Wildman–Crippen MR) is 259 cm³/mol. The van der Waals surface area contributed by atoms with Crippen molar-refractivity contribution in [3.63, 3.8) is 0 Å². The highest BCUT2D eigenvalue weighted by molar-refractivity contribution is 8.76. The quantitative estimate of drug-likeness (QED) is 0.0373. The van der Waals surface area contributed by atoms with Crippen molar-refractivity contribution in [2.24, 2.45) is 33.8 Å². The van der Waals surface area contributed by atoms with Gasteiger partial charge in [0.25, 0.3) is 0 Å². The van der Waals surface area contributed by atoms with E-state index in [1.807, 2.05) is 0 Å². The van der Waals surface area contributed by atoms with Crippen LogP contribution in [0.5, 0.6) is 0 Å². The molecule has 25 heteroatoms. The molecule has 1 aliphatic carbocycles. The van der Waals surface area contributed by atoms with Crippen molar-refractivity contribution >= 4 is 86.6 Å². The van der Waals surface area contributed by atoms with Gasteiger partial charge in [0, 0.05) is 37.4 Å². The summed E-state index contributed by atoms with van der Waals surface area (Å²) >= 11 is 0. The highest BCUT2D eigenvalue weighted by Gasteiger charge is 2.44. The van der Waals surface area contributed by atoms with Crippen LogP contribution >= 0.6 is 21.6 Å². The topological polar surface area (TPSA) is 375 Å². The van der Waals surface area contributed by atoms with Crippen molar-refractivity contribution in [2.45, 2.75) is 133 Å². The van der Waals surface area contributed by atoms with E-state index in [1.165, 1.54) is 15.7 Å². The Morgan fingerprint density at radius 3 is 2.19 bits per heavy atom. The first-order valence-corrected chi connectivity index (χ1v) is 25.6. The second-order valence-corrected chi connectivity index (χ2v) is 20.3. The summed E-state index contributed by atoms with van der Waals surface area (Å²) < 4.78 is 0. The van der Waals surface area contributed by atoms with Crippen LogP contribution in [0.15, 0.2) is 35.3 Å². The zero-order chi connectivity index (χ0) is 50.7. The minimum atomic E-state index is -1.63. The number of amides is 10. The number of nitrogens with one attached hydrogen (secondary N) is 7. The molecule has 0 radical (unpaired) electrons. The van der Waals surface area contributed by atoms with Crippen LogP contribution in [-0.4, -0.2) is 143 Å². The SMILES string of the molecule is CC(C)[C@@H]1NC(=O)[C@H](Cc2ccccc2)NC(=O)C2(CCCCC2)NC(=O)CCSSC[C@@H](C(=O)N2CCC[C@H]2C(=O)N[C@H](CCCN=C(N)N)C(=O)NCC(N)=O)NC(=O)[C@H](CC(N)=O)NC1=O. The lowest BCUT2D eigenvalue weighted by Gasteiger charge is -2.38. The number of carbonyl (C=O) groups excluding carboxylic acids is 10. The van der Waals surface area contributed by atoms with E-state index in [1.54, 1.807) is 44.2 Å². The Bertz CT molecular complexity index is 2050. The van der Waals surface area contributed by atoms with Crippen molar-refractivity contribution in [1.82, 2.24) is 42.1 Å². The van der Waals surface area contributed by atoms with Gasteiger partial charge in [0.15, 0.2) is 5.96 Å². The monoisotopic (exact) mass is 1000 g/mol. The molecular weight excluding hydrogens is 935 g/mol. The first-order valence-electron chi connectivity index (χ1n) is 23.1. The normalized spacial score (nSPS) is 23.5. The van der Waals surface area contributed by atoms with E-state index in [2.05, 4.69) is 42.2 Å². The maximum absolute atomic E-state index is 14.5. The van der Waals surface area contributed by atoms with Crippen LogP contribution in [-0.2, 0) is 54.4 Å². The van der Waals surface area contributed by atoms with Crippen molar-refractivity contribution in [1.29, 1.82) is 0 Å². The van der Waals surface area contributed by atoms with E-state index in [9.17, 15) is 47.9 Å². The summed E-state index contributed by atoms with van der Waals surface area (Å²) in [4.78, 5) is 141. The molecule has 1 aromatic carbocycles. The number of carbonyl (C=O) groups is 10. The number of likely N-dealkylation sites (tertiary alicyclic amines) is 1. The number of guanidine groups is 1. The van der Waals surface area contributed by atoms with Crippen LogP contribution in [0, 0.1) is 5.92 Å². The maximum Gasteiger partial charge on any atom is 0.246 e. The average Bonchev–Trinajstić information content (AvgIpc) is 3.80. The summed E-state index contributed by atoms with van der Waals surface area (Å²) in [6, 6.07) is 1.17. The average molecular weight is 1000 g/mol. The standard InChI is InChI=1S/C44H67N13O10S2/c1-25(2)35-40(65)52-29(22-32(45)58)37(62)53-30(41(66)57-19-10-14-31(57)39(64)51-27(13-9-18-49-43(47)48)36(61)50-23-33(46)59)24-69-68-20-15-34(60)56-44(16-7-4-8-17-44)42(67)54-28(38(63)55-35)21-26-11-5-3-6-12-26/h3,5-6,11-12,25,27-31,35H,4,7-10,13-24H2,1-2H3,(H2,45,58)(H2,46,59)(H,50,61)(H,51,64)(H,52,65)(H,53,62)(H,54,67)(H,55,63)(H,56,60)(H4,47,48,49)/t27-,28+,29+,30+,31+,35+/m1/s1. The molecule has 2 aliphatic heterocycles. The second-order valence-electron chi connectivity index (χ2n) is 17.7. The first-order chi connectivity index (χ1) is 32.8. The van der Waals surface area contributed by atoms with E-state index in [-0.39, 0.29) is 62.7 Å². The van der Waals surface area contributed by atoms with Crippen LogP contribution in [0.2, 0.25) is 0 Å². The molecule has 2 saturated heterocycles. The summed E-state index contributed by atoms with van der Waals surface area (Å²) in [5.41, 5.74) is 21.0. The molecule has 3 aliphatic rings. The Balaban J connectivity index is 1.64. The number of benzene rings is 1. The Morgan fingerprint density at radius 1 is 0.841 bits per heavy atom. The fourth-order valence-corrected chi connectivity index (χ4v) is 10.5. The number of aliphatic imine (C=N–C) groups is 1. The predicted octanol–water partition coefficient (Wildman–Crippen LogP) is -2.57. The third-order valence-electron chi connectivity index (χ3n) is 11.9. The van der Waals surface area contributed by atoms with Gasteiger partial charge in [-0.05, 0) is 50.0 Å². The highest BCUT2D eigenvalue weighted by atomic mass is 33.1. The summed E-state index contributed by atoms with van der Waals surface area (Å²) in [5, 5.41) is 18.8. The summed E-state index contributed by atoms with van der Waals surface area (Å²) in [6.45, 7) is 3.02. The summed E-state index contributed by atoms with van der Waals surface area (Å²) in [5.74, 6) is -8.00. The number of rotatable bonds is 15. The van der Waals surface area contributed by atoms with Crippen molar-refractivity contribution < 1.29 is 47.9 Å². The van der Waals surface area contributed by atoms with Gasteiger partial charge in [-0.15, -0.1) is 0 Å². The van der Waals surface area contributed by atoms with Crippen molar-refractivity contribution in [3.05, 3.63) is 35.9 Å². The van der Waals surface area contributed by atoms with Gasteiger partial charge < -0.3 is 65.1 Å². The molecule has 69 heavy (non-hydrogen) atoms. The van der Waals surface area contributed by atoms with Crippen LogP contribution < -0.4 is 60.2 Å². The molecule has 1 spiro atoms. The molecule has 3 fully saturated rings. The van der Waals surface area contributed by atoms with Crippen molar-refractivity contribution in [2.75, 3.05) is 31.1 Å². The lowest BCUT2D eigenvalue weighted by Crippen LogP contribution is -2.64.